The molecular weight excluding hydrogens is 364 g/mol. The molecule has 4 atom stereocenters. The lowest BCUT2D eigenvalue weighted by molar-refractivity contribution is -0.148. The highest BCUT2D eigenvalue weighted by Gasteiger charge is 2.57. The van der Waals surface area contributed by atoms with Gasteiger partial charge in [0.2, 0.25) is 5.91 Å². The number of amides is 1. The summed E-state index contributed by atoms with van der Waals surface area (Å²) < 4.78 is 0. The third-order valence-electron chi connectivity index (χ3n) is 6.39. The average molecular weight is 390 g/mol. The fraction of sp³-hybridized carbons (Fsp3) is 0.375. The number of benzene rings is 1. The van der Waals surface area contributed by atoms with Gasteiger partial charge in [-0.25, -0.2) is 0 Å². The maximum atomic E-state index is 13.1. The fourth-order valence-electron chi connectivity index (χ4n) is 5.27. The molecule has 2 aliphatic carbocycles. The van der Waals surface area contributed by atoms with E-state index in [0.29, 0.717) is 5.69 Å². The quantitative estimate of drug-likeness (QED) is 0.746. The van der Waals surface area contributed by atoms with E-state index in [1.807, 2.05) is 50.2 Å². The molecule has 5 heteroatoms. The van der Waals surface area contributed by atoms with E-state index in [9.17, 15) is 14.7 Å². The van der Waals surface area contributed by atoms with E-state index < -0.39 is 17.8 Å². The SMILES string of the molecule is CC(C)=C1[C@@H]2CC[C@@H]1[C@@H](C(=O)Nc1ccc(Cc3ccncc3)cc1)[C@H]2C(=O)O. The van der Waals surface area contributed by atoms with Crippen molar-refractivity contribution in [2.24, 2.45) is 23.7 Å². The lowest BCUT2D eigenvalue weighted by Gasteiger charge is -2.26. The van der Waals surface area contributed by atoms with Crippen molar-refractivity contribution in [3.05, 3.63) is 71.1 Å². The molecule has 29 heavy (non-hydrogen) atoms. The Morgan fingerprint density at radius 2 is 1.55 bits per heavy atom. The zero-order valence-electron chi connectivity index (χ0n) is 16.8. The molecule has 2 N–H and O–H groups in total. The number of carbonyl (C=O) groups excluding carboxylic acids is 1. The molecule has 0 spiro atoms. The second-order valence-corrected chi connectivity index (χ2v) is 8.35. The van der Waals surface area contributed by atoms with Gasteiger partial charge in [0.1, 0.15) is 0 Å². The molecule has 0 saturated heterocycles. The molecule has 2 fully saturated rings. The van der Waals surface area contributed by atoms with E-state index in [4.69, 9.17) is 0 Å². The van der Waals surface area contributed by atoms with E-state index in [1.54, 1.807) is 12.4 Å². The molecule has 1 aromatic carbocycles. The number of nitrogens with one attached hydrogen (secondary N) is 1. The van der Waals surface area contributed by atoms with Crippen molar-refractivity contribution in [2.75, 3.05) is 5.32 Å². The summed E-state index contributed by atoms with van der Waals surface area (Å²) >= 11 is 0. The monoisotopic (exact) mass is 390 g/mol. The van der Waals surface area contributed by atoms with Crippen molar-refractivity contribution in [3.8, 4) is 0 Å². The molecule has 0 radical (unpaired) electrons. The summed E-state index contributed by atoms with van der Waals surface area (Å²) in [6, 6.07) is 11.7. The number of carboxylic acids is 1. The van der Waals surface area contributed by atoms with Gasteiger partial charge in [-0.2, -0.15) is 0 Å². The molecule has 2 saturated carbocycles. The van der Waals surface area contributed by atoms with Crippen LogP contribution in [-0.4, -0.2) is 22.0 Å². The maximum absolute atomic E-state index is 13.1. The highest BCUT2D eigenvalue weighted by molar-refractivity contribution is 5.96. The van der Waals surface area contributed by atoms with E-state index >= 15 is 0 Å². The molecule has 2 aromatic rings. The molecule has 0 aliphatic heterocycles. The minimum Gasteiger partial charge on any atom is -0.481 e. The van der Waals surface area contributed by atoms with Crippen molar-refractivity contribution in [2.45, 2.75) is 33.1 Å². The number of rotatable bonds is 5. The van der Waals surface area contributed by atoms with E-state index in [0.717, 1.165) is 24.8 Å². The topological polar surface area (TPSA) is 79.3 Å². The lowest BCUT2D eigenvalue weighted by atomic mass is 9.78. The van der Waals surface area contributed by atoms with Gasteiger partial charge >= 0.3 is 5.97 Å². The van der Waals surface area contributed by atoms with Crippen LogP contribution < -0.4 is 5.32 Å². The Bertz CT molecular complexity index is 946. The zero-order valence-corrected chi connectivity index (χ0v) is 16.8. The molecule has 0 unspecified atom stereocenters. The number of hydrogen-bond acceptors (Lipinski definition) is 3. The first-order valence-electron chi connectivity index (χ1n) is 10.1. The normalized spacial score (nSPS) is 25.1. The number of carbonyl (C=O) groups is 2. The lowest BCUT2D eigenvalue weighted by Crippen LogP contribution is -2.37. The molecular formula is C24H26N2O3. The summed E-state index contributed by atoms with van der Waals surface area (Å²) in [4.78, 5) is 29.0. The first-order chi connectivity index (χ1) is 14.0. The predicted octanol–water partition coefficient (Wildman–Crippen LogP) is 4.30. The van der Waals surface area contributed by atoms with Crippen LogP contribution in [0.4, 0.5) is 5.69 Å². The van der Waals surface area contributed by atoms with Crippen LogP contribution in [-0.2, 0) is 16.0 Å². The van der Waals surface area contributed by atoms with Crippen LogP contribution in [0.3, 0.4) is 0 Å². The second-order valence-electron chi connectivity index (χ2n) is 8.35. The maximum Gasteiger partial charge on any atom is 0.307 e. The van der Waals surface area contributed by atoms with Gasteiger partial charge in [-0.3, -0.25) is 14.6 Å². The van der Waals surface area contributed by atoms with Crippen molar-refractivity contribution < 1.29 is 14.7 Å². The summed E-state index contributed by atoms with van der Waals surface area (Å²) in [6.07, 6.45) is 6.12. The zero-order chi connectivity index (χ0) is 20.5. The van der Waals surface area contributed by atoms with Crippen LogP contribution in [0.15, 0.2) is 59.9 Å². The molecule has 2 bridgehead atoms. The number of aliphatic carboxylic acids is 1. The first kappa shape index (κ1) is 19.4. The van der Waals surface area contributed by atoms with Crippen LogP contribution in [0.2, 0.25) is 0 Å². The standard InChI is InChI=1S/C24H26N2O3/c1-14(2)20-18-7-8-19(20)22(24(28)29)21(18)23(27)26-17-5-3-15(4-6-17)13-16-9-11-25-12-10-16/h3-6,9-12,18-19,21-22H,7-8,13H2,1-2H3,(H,26,27)(H,28,29)/t18-,19-,21+,22-/m0/s1. The highest BCUT2D eigenvalue weighted by Crippen LogP contribution is 2.57. The van der Waals surface area contributed by atoms with Crippen LogP contribution in [0, 0.1) is 23.7 Å². The van der Waals surface area contributed by atoms with Crippen LogP contribution >= 0.6 is 0 Å². The highest BCUT2D eigenvalue weighted by atomic mass is 16.4. The van der Waals surface area contributed by atoms with Crippen LogP contribution in [0.1, 0.15) is 37.8 Å². The number of hydrogen-bond donors (Lipinski definition) is 2. The minimum atomic E-state index is -0.858. The van der Waals surface area contributed by atoms with Gasteiger partial charge in [0, 0.05) is 18.1 Å². The summed E-state index contributed by atoms with van der Waals surface area (Å²) in [7, 11) is 0. The molecule has 5 nitrogen and oxygen atoms in total. The molecule has 4 rings (SSSR count). The Kier molecular flexibility index (Phi) is 5.22. The number of allylic oxidation sites excluding steroid dienone is 2. The van der Waals surface area contributed by atoms with Crippen LogP contribution in [0.25, 0.3) is 0 Å². The molecule has 1 aromatic heterocycles. The Labute approximate surface area is 170 Å². The summed E-state index contributed by atoms with van der Waals surface area (Å²) in [5.41, 5.74) is 5.39. The van der Waals surface area contributed by atoms with Crippen molar-refractivity contribution in [3.63, 3.8) is 0 Å². The van der Waals surface area contributed by atoms with E-state index in [2.05, 4.69) is 10.3 Å². The summed E-state index contributed by atoms with van der Waals surface area (Å²) in [5, 5.41) is 12.8. The van der Waals surface area contributed by atoms with Gasteiger partial charge in [-0.05, 0) is 80.3 Å². The number of fused-ring (bicyclic) bond motifs is 2. The van der Waals surface area contributed by atoms with Gasteiger partial charge in [0.25, 0.3) is 0 Å². The van der Waals surface area contributed by atoms with Crippen molar-refractivity contribution in [1.29, 1.82) is 0 Å². The van der Waals surface area contributed by atoms with Gasteiger partial charge in [0.15, 0.2) is 0 Å². The van der Waals surface area contributed by atoms with Crippen LogP contribution in [0.5, 0.6) is 0 Å². The summed E-state index contributed by atoms with van der Waals surface area (Å²) in [5.74, 6) is -2.09. The third kappa shape index (κ3) is 3.69. The molecule has 1 amide bonds. The van der Waals surface area contributed by atoms with Gasteiger partial charge in [-0.15, -0.1) is 0 Å². The minimum absolute atomic E-state index is 0.000915. The Hall–Kier alpha value is -2.95. The number of pyridine rings is 1. The molecule has 2 aliphatic rings. The Morgan fingerprint density at radius 3 is 2.14 bits per heavy atom. The average Bonchev–Trinajstić information content (AvgIpc) is 3.27. The number of aromatic nitrogens is 1. The van der Waals surface area contributed by atoms with Crippen molar-refractivity contribution in [1.82, 2.24) is 4.98 Å². The van der Waals surface area contributed by atoms with E-state index in [1.165, 1.54) is 16.7 Å². The smallest absolute Gasteiger partial charge is 0.307 e. The number of nitrogens with zero attached hydrogens (tertiary/aromatic N) is 1. The number of carboxylic acid groups (broad SMARTS) is 1. The fourth-order valence-corrected chi connectivity index (χ4v) is 5.27. The van der Waals surface area contributed by atoms with Gasteiger partial charge in [0.05, 0.1) is 11.8 Å². The van der Waals surface area contributed by atoms with Crippen molar-refractivity contribution >= 4 is 17.6 Å². The molecule has 150 valence electrons. The number of anilines is 1. The predicted molar refractivity (Wildman–Crippen MR) is 111 cm³/mol. The van der Waals surface area contributed by atoms with Gasteiger partial charge < -0.3 is 10.4 Å². The van der Waals surface area contributed by atoms with Gasteiger partial charge in [-0.1, -0.05) is 23.3 Å². The first-order valence-corrected chi connectivity index (χ1v) is 10.1. The second kappa shape index (κ2) is 7.82. The largest absolute Gasteiger partial charge is 0.481 e. The third-order valence-corrected chi connectivity index (χ3v) is 6.39. The molecule has 1 heterocycles. The Balaban J connectivity index is 1.49. The Morgan fingerprint density at radius 1 is 0.966 bits per heavy atom. The summed E-state index contributed by atoms with van der Waals surface area (Å²) in [6.45, 7) is 4.06. The van der Waals surface area contributed by atoms with E-state index in [-0.39, 0.29) is 17.7 Å².